The van der Waals surface area contributed by atoms with Gasteiger partial charge >= 0.3 is 0 Å². The maximum absolute atomic E-state index is 11.8. The first kappa shape index (κ1) is 14.3. The average molecular weight is 258 g/mol. The number of rotatable bonds is 1. The number of carbonyl (C=O) groups is 1. The molecule has 2 aliphatic carbocycles. The maximum Gasteiger partial charge on any atom is 0.156 e. The summed E-state index contributed by atoms with van der Waals surface area (Å²) in [5.41, 5.74) is 4.09. The summed E-state index contributed by atoms with van der Waals surface area (Å²) in [6.45, 7) is 15.2. The van der Waals surface area contributed by atoms with Crippen LogP contribution in [0.2, 0.25) is 0 Å². The Labute approximate surface area is 117 Å². The molecule has 2 unspecified atom stereocenters. The van der Waals surface area contributed by atoms with Crippen LogP contribution in [0, 0.1) is 22.7 Å². The zero-order chi connectivity index (χ0) is 14.6. The second-order valence-electron chi connectivity index (χ2n) is 7.34. The SMILES string of the molecule is CC(=O)C1=CC2C(=CC1C)C(C)(C)C(C)=CC2(C)C. The molecule has 0 radical (unpaired) electrons. The van der Waals surface area contributed by atoms with Crippen molar-refractivity contribution in [3.05, 3.63) is 34.9 Å². The number of allylic oxidation sites excluding steroid dienone is 6. The minimum absolute atomic E-state index is 0.0896. The van der Waals surface area contributed by atoms with Crippen LogP contribution in [0.4, 0.5) is 0 Å². The van der Waals surface area contributed by atoms with Gasteiger partial charge in [-0.3, -0.25) is 4.79 Å². The minimum atomic E-state index is 0.0896. The molecule has 0 N–H and O–H groups in total. The molecule has 0 aromatic heterocycles. The van der Waals surface area contributed by atoms with E-state index in [1.54, 1.807) is 6.92 Å². The van der Waals surface area contributed by atoms with Gasteiger partial charge in [-0.2, -0.15) is 0 Å². The first-order chi connectivity index (χ1) is 8.57. The number of hydrogen-bond donors (Lipinski definition) is 0. The molecular weight excluding hydrogens is 232 g/mol. The van der Waals surface area contributed by atoms with Crippen LogP contribution in [0.15, 0.2) is 34.9 Å². The molecule has 0 saturated heterocycles. The van der Waals surface area contributed by atoms with Gasteiger partial charge in [0.25, 0.3) is 0 Å². The zero-order valence-electron chi connectivity index (χ0n) is 13.3. The highest BCUT2D eigenvalue weighted by molar-refractivity contribution is 5.94. The fourth-order valence-electron chi connectivity index (χ4n) is 3.59. The molecule has 0 fully saturated rings. The van der Waals surface area contributed by atoms with Crippen molar-refractivity contribution in [3.63, 3.8) is 0 Å². The molecule has 0 aromatic carbocycles. The predicted molar refractivity (Wildman–Crippen MR) is 80.8 cm³/mol. The van der Waals surface area contributed by atoms with Crippen LogP contribution in [0.3, 0.4) is 0 Å². The number of ketones is 1. The Bertz CT molecular complexity index is 512. The molecule has 1 nitrogen and oxygen atoms in total. The van der Waals surface area contributed by atoms with E-state index >= 15 is 0 Å². The van der Waals surface area contributed by atoms with Crippen molar-refractivity contribution in [3.8, 4) is 0 Å². The summed E-state index contributed by atoms with van der Waals surface area (Å²) in [6, 6.07) is 0. The van der Waals surface area contributed by atoms with Gasteiger partial charge in [0.05, 0.1) is 0 Å². The summed E-state index contributed by atoms with van der Waals surface area (Å²) in [5.74, 6) is 0.800. The van der Waals surface area contributed by atoms with Crippen molar-refractivity contribution < 1.29 is 4.79 Å². The molecule has 2 aliphatic rings. The monoisotopic (exact) mass is 258 g/mol. The van der Waals surface area contributed by atoms with E-state index in [0.717, 1.165) is 5.57 Å². The van der Waals surface area contributed by atoms with E-state index in [0.29, 0.717) is 5.92 Å². The van der Waals surface area contributed by atoms with Gasteiger partial charge in [0.1, 0.15) is 0 Å². The number of fused-ring (bicyclic) bond motifs is 1. The standard InChI is InChI=1S/C18H26O/c1-11-8-16-15(9-14(11)13(3)19)17(4,5)10-12(2)18(16,6)7/h8-11,15H,1-7H3. The largest absolute Gasteiger partial charge is 0.295 e. The van der Waals surface area contributed by atoms with Gasteiger partial charge in [-0.15, -0.1) is 0 Å². The molecule has 1 heteroatoms. The van der Waals surface area contributed by atoms with Crippen LogP contribution in [0.25, 0.3) is 0 Å². The topological polar surface area (TPSA) is 17.1 Å². The Morgan fingerprint density at radius 1 is 1.16 bits per heavy atom. The average Bonchev–Trinajstić information content (AvgIpc) is 2.25. The van der Waals surface area contributed by atoms with E-state index in [2.05, 4.69) is 59.8 Å². The first-order valence-corrected chi connectivity index (χ1v) is 7.22. The van der Waals surface area contributed by atoms with Crippen molar-refractivity contribution >= 4 is 5.78 Å². The molecule has 0 saturated carbocycles. The smallest absolute Gasteiger partial charge is 0.156 e. The third-order valence-corrected chi connectivity index (χ3v) is 5.11. The highest BCUT2D eigenvalue weighted by Crippen LogP contribution is 2.54. The van der Waals surface area contributed by atoms with Gasteiger partial charge < -0.3 is 0 Å². The molecular formula is C18H26O. The molecule has 2 atom stereocenters. The van der Waals surface area contributed by atoms with Crippen molar-refractivity contribution in [2.75, 3.05) is 0 Å². The molecule has 0 heterocycles. The molecule has 19 heavy (non-hydrogen) atoms. The van der Waals surface area contributed by atoms with Crippen LogP contribution in [0.5, 0.6) is 0 Å². The molecule has 0 aliphatic heterocycles. The molecule has 0 amide bonds. The van der Waals surface area contributed by atoms with Crippen molar-refractivity contribution in [2.24, 2.45) is 22.7 Å². The number of carbonyl (C=O) groups excluding carboxylic acids is 1. The lowest BCUT2D eigenvalue weighted by atomic mass is 9.56. The lowest BCUT2D eigenvalue weighted by Gasteiger charge is -2.48. The molecule has 0 aromatic rings. The van der Waals surface area contributed by atoms with E-state index < -0.39 is 0 Å². The van der Waals surface area contributed by atoms with Gasteiger partial charge in [-0.05, 0) is 24.8 Å². The lowest BCUT2D eigenvalue weighted by Crippen LogP contribution is -2.38. The molecule has 2 rings (SSSR count). The quantitative estimate of drug-likeness (QED) is 0.623. The van der Waals surface area contributed by atoms with Crippen LogP contribution < -0.4 is 0 Å². The predicted octanol–water partition coefficient (Wildman–Crippen LogP) is 4.71. The summed E-state index contributed by atoms with van der Waals surface area (Å²) in [7, 11) is 0. The Morgan fingerprint density at radius 2 is 1.74 bits per heavy atom. The van der Waals surface area contributed by atoms with Crippen LogP contribution >= 0.6 is 0 Å². The molecule has 0 spiro atoms. The zero-order valence-corrected chi connectivity index (χ0v) is 13.3. The molecule has 104 valence electrons. The van der Waals surface area contributed by atoms with Gasteiger partial charge in [0.15, 0.2) is 5.78 Å². The number of Topliss-reactive ketones (excluding diaryl/α,β-unsaturated/α-hetero) is 1. The van der Waals surface area contributed by atoms with Crippen molar-refractivity contribution in [2.45, 2.75) is 48.5 Å². The van der Waals surface area contributed by atoms with E-state index in [9.17, 15) is 4.79 Å². The first-order valence-electron chi connectivity index (χ1n) is 7.22. The second-order valence-corrected chi connectivity index (χ2v) is 7.34. The van der Waals surface area contributed by atoms with E-state index in [1.165, 1.54) is 11.1 Å². The Balaban J connectivity index is 2.61. The number of hydrogen-bond acceptors (Lipinski definition) is 1. The second kappa shape index (κ2) is 4.19. The maximum atomic E-state index is 11.8. The fraction of sp³-hybridized carbons (Fsp3) is 0.611. The summed E-state index contributed by atoms with van der Waals surface area (Å²) in [4.78, 5) is 11.8. The Kier molecular flexibility index (Phi) is 3.16. The van der Waals surface area contributed by atoms with Gasteiger partial charge in [0.2, 0.25) is 0 Å². The van der Waals surface area contributed by atoms with E-state index in [1.807, 2.05) is 0 Å². The fourth-order valence-corrected chi connectivity index (χ4v) is 3.59. The lowest BCUT2D eigenvalue weighted by molar-refractivity contribution is -0.114. The van der Waals surface area contributed by atoms with Gasteiger partial charge in [-0.25, -0.2) is 0 Å². The van der Waals surface area contributed by atoms with Gasteiger partial charge in [-0.1, -0.05) is 64.0 Å². The highest BCUT2D eigenvalue weighted by Gasteiger charge is 2.44. The van der Waals surface area contributed by atoms with E-state index in [-0.39, 0.29) is 22.5 Å². The minimum Gasteiger partial charge on any atom is -0.295 e. The van der Waals surface area contributed by atoms with Crippen LogP contribution in [-0.2, 0) is 4.79 Å². The summed E-state index contributed by atoms with van der Waals surface area (Å²) < 4.78 is 0. The molecule has 0 bridgehead atoms. The third-order valence-electron chi connectivity index (χ3n) is 5.11. The van der Waals surface area contributed by atoms with Crippen molar-refractivity contribution in [1.82, 2.24) is 0 Å². The summed E-state index contributed by atoms with van der Waals surface area (Å²) >= 11 is 0. The summed E-state index contributed by atoms with van der Waals surface area (Å²) in [6.07, 6.45) is 6.95. The van der Waals surface area contributed by atoms with Gasteiger partial charge in [0, 0.05) is 17.3 Å². The summed E-state index contributed by atoms with van der Waals surface area (Å²) in [5, 5.41) is 0. The highest BCUT2D eigenvalue weighted by atomic mass is 16.1. The van der Waals surface area contributed by atoms with Crippen molar-refractivity contribution in [1.29, 1.82) is 0 Å². The van der Waals surface area contributed by atoms with Crippen LogP contribution in [-0.4, -0.2) is 5.78 Å². The normalized spacial score (nSPS) is 31.8. The van der Waals surface area contributed by atoms with Crippen LogP contribution in [0.1, 0.15) is 48.5 Å². The Hall–Kier alpha value is -1.11. The third kappa shape index (κ3) is 2.13. The Morgan fingerprint density at radius 3 is 2.26 bits per heavy atom. The van der Waals surface area contributed by atoms with E-state index in [4.69, 9.17) is 0 Å².